The van der Waals surface area contributed by atoms with Gasteiger partial charge < -0.3 is 25.0 Å². The number of nitrogens with zero attached hydrogens (tertiary/aromatic N) is 4. The Labute approximate surface area is 281 Å². The summed E-state index contributed by atoms with van der Waals surface area (Å²) < 4.78 is 67.4. The minimum Gasteiger partial charge on any atom is -0.508 e. The van der Waals surface area contributed by atoms with E-state index in [9.17, 15) is 13.9 Å². The van der Waals surface area contributed by atoms with Crippen LogP contribution in [-0.2, 0) is 0 Å². The van der Waals surface area contributed by atoms with Crippen LogP contribution in [-0.4, -0.2) is 77.3 Å². The molecule has 254 valence electrons. The van der Waals surface area contributed by atoms with Gasteiger partial charge in [-0.15, -0.1) is 6.42 Å². The van der Waals surface area contributed by atoms with Gasteiger partial charge in [0.25, 0.3) is 5.92 Å². The number of rotatable bonds is 7. The number of nitrogens with one attached hydrogen (secondary N) is 1. The van der Waals surface area contributed by atoms with Gasteiger partial charge in [0.2, 0.25) is 0 Å². The van der Waals surface area contributed by atoms with Gasteiger partial charge in [-0.05, 0) is 81.3 Å². The predicted molar refractivity (Wildman–Crippen MR) is 179 cm³/mol. The lowest BCUT2D eigenvalue weighted by molar-refractivity contribution is 0.0252. The second kappa shape index (κ2) is 10.9. The maximum Gasteiger partial charge on any atom is 0.319 e. The highest BCUT2D eigenvalue weighted by Gasteiger charge is 2.70. The molecule has 3 aliphatic heterocycles. The molecule has 4 heterocycles. The second-order valence-electron chi connectivity index (χ2n) is 15.1. The molecule has 9 rings (SSSR count). The van der Waals surface area contributed by atoms with Crippen LogP contribution in [0.25, 0.3) is 32.8 Å². The average Bonchev–Trinajstić information content (AvgIpc) is 3.92. The molecule has 2 saturated carbocycles. The summed E-state index contributed by atoms with van der Waals surface area (Å²) in [6, 6.07) is 9.79. The van der Waals surface area contributed by atoms with Gasteiger partial charge in [0.15, 0.2) is 5.82 Å². The monoisotopic (exact) mass is 671 g/mol. The number of aromatic hydroxyl groups is 1. The molecule has 2 N–H and O–H groups in total. The van der Waals surface area contributed by atoms with Crippen molar-refractivity contribution in [1.82, 2.24) is 20.2 Å². The lowest BCUT2D eigenvalue weighted by Crippen LogP contribution is -2.51. The number of terminal acetylenes is 1. The van der Waals surface area contributed by atoms with Crippen molar-refractivity contribution in [3.63, 3.8) is 0 Å². The van der Waals surface area contributed by atoms with Crippen LogP contribution in [0.5, 0.6) is 11.8 Å². The molecule has 4 aromatic rings. The van der Waals surface area contributed by atoms with Crippen molar-refractivity contribution in [2.45, 2.75) is 63.0 Å². The van der Waals surface area contributed by atoms with Crippen LogP contribution in [0.15, 0.2) is 36.4 Å². The zero-order valence-electron chi connectivity index (χ0n) is 27.0. The fourth-order valence-corrected chi connectivity index (χ4v) is 8.69. The van der Waals surface area contributed by atoms with Crippen LogP contribution in [0.2, 0.25) is 0 Å². The van der Waals surface area contributed by atoms with Crippen molar-refractivity contribution in [2.24, 2.45) is 10.8 Å². The van der Waals surface area contributed by atoms with Crippen LogP contribution in [0, 0.1) is 34.8 Å². The van der Waals surface area contributed by atoms with Crippen LogP contribution in [0.1, 0.15) is 50.5 Å². The number of ether oxygens (including phenoxy) is 1. The molecule has 2 bridgehead atoms. The van der Waals surface area contributed by atoms with E-state index in [1.807, 2.05) is 0 Å². The smallest absolute Gasteiger partial charge is 0.319 e. The van der Waals surface area contributed by atoms with Crippen LogP contribution >= 0.6 is 0 Å². The number of hydrogen-bond donors (Lipinski definition) is 2. The number of piperidine rings is 1. The predicted octanol–water partition coefficient (Wildman–Crippen LogP) is 6.64. The maximum atomic E-state index is 16.9. The number of phenolic OH excluding ortho intramolecular Hbond substituents is 1. The molecule has 2 unspecified atom stereocenters. The Kier molecular flexibility index (Phi) is 6.89. The lowest BCUT2D eigenvalue weighted by atomic mass is 9.92. The average molecular weight is 672 g/mol. The highest BCUT2D eigenvalue weighted by Crippen LogP contribution is 2.66. The zero-order chi connectivity index (χ0) is 33.7. The summed E-state index contributed by atoms with van der Waals surface area (Å²) in [5, 5.41) is 15.4. The summed E-state index contributed by atoms with van der Waals surface area (Å²) in [5.74, 6) is -1.35. The number of alkyl halides is 2. The largest absolute Gasteiger partial charge is 0.508 e. The standard InChI is InChI=1S/C38H37F4N5O2/c1-2-22-4-3-5-23-14-26(48)15-27(30(22)23)31-29(39)16-28-33(32(31)40)44-35(45-34(28)47-17-24-6-7-25(18-47)43-24)49-21-36(8-9-36)20-46-12-10-37(11-13-46)19-38(37,41)42/h1,3-5,14-16,24-25,43,48H,6-13,17-21H2. The Bertz CT molecular complexity index is 2040. The van der Waals surface area contributed by atoms with E-state index in [4.69, 9.17) is 16.1 Å². The molecule has 3 saturated heterocycles. The van der Waals surface area contributed by atoms with Gasteiger partial charge in [0.1, 0.15) is 22.9 Å². The first-order valence-electron chi connectivity index (χ1n) is 17.2. The van der Waals surface area contributed by atoms with Crippen molar-refractivity contribution in [2.75, 3.05) is 44.2 Å². The van der Waals surface area contributed by atoms with E-state index in [-0.39, 0.29) is 57.7 Å². The number of aromatic nitrogens is 2. The molecule has 2 aliphatic carbocycles. The summed E-state index contributed by atoms with van der Waals surface area (Å²) in [7, 11) is 0. The Morgan fingerprint density at radius 1 is 1.02 bits per heavy atom. The first-order chi connectivity index (χ1) is 23.6. The Balaban J connectivity index is 1.08. The van der Waals surface area contributed by atoms with E-state index in [2.05, 4.69) is 26.0 Å². The zero-order valence-corrected chi connectivity index (χ0v) is 27.0. The number of hydrogen-bond acceptors (Lipinski definition) is 7. The number of piperazine rings is 1. The molecule has 5 fully saturated rings. The maximum absolute atomic E-state index is 16.9. The molecule has 11 heteroatoms. The molecule has 1 aromatic heterocycles. The molecule has 5 aliphatic rings. The number of phenols is 1. The fraction of sp³-hybridized carbons (Fsp3) is 0.474. The van der Waals surface area contributed by atoms with E-state index in [0.29, 0.717) is 67.8 Å². The van der Waals surface area contributed by atoms with Crippen molar-refractivity contribution in [1.29, 1.82) is 0 Å². The fourth-order valence-electron chi connectivity index (χ4n) is 8.69. The molecule has 1 spiro atoms. The molecular formula is C38H37F4N5O2. The molecule has 0 radical (unpaired) electrons. The van der Waals surface area contributed by atoms with Crippen LogP contribution in [0.3, 0.4) is 0 Å². The first-order valence-corrected chi connectivity index (χ1v) is 17.2. The van der Waals surface area contributed by atoms with Crippen molar-refractivity contribution >= 4 is 27.5 Å². The summed E-state index contributed by atoms with van der Waals surface area (Å²) >= 11 is 0. The normalized spacial score (nSPS) is 24.8. The van der Waals surface area contributed by atoms with E-state index >= 15 is 8.78 Å². The number of benzene rings is 3. The molecule has 3 aromatic carbocycles. The Morgan fingerprint density at radius 2 is 1.76 bits per heavy atom. The van der Waals surface area contributed by atoms with Crippen LogP contribution in [0.4, 0.5) is 23.4 Å². The third kappa shape index (κ3) is 5.18. The van der Waals surface area contributed by atoms with Gasteiger partial charge in [-0.1, -0.05) is 18.1 Å². The van der Waals surface area contributed by atoms with Gasteiger partial charge in [-0.2, -0.15) is 9.97 Å². The molecule has 7 nitrogen and oxygen atoms in total. The van der Waals surface area contributed by atoms with Gasteiger partial charge in [-0.3, -0.25) is 0 Å². The second-order valence-corrected chi connectivity index (χ2v) is 15.1. The third-order valence-corrected chi connectivity index (χ3v) is 11.8. The third-order valence-electron chi connectivity index (χ3n) is 11.8. The van der Waals surface area contributed by atoms with Crippen LogP contribution < -0.4 is 15.0 Å². The number of halogens is 4. The number of likely N-dealkylation sites (tertiary alicyclic amines) is 1. The minimum absolute atomic E-state index is 0.00715. The molecular weight excluding hydrogens is 634 g/mol. The highest BCUT2D eigenvalue weighted by molar-refractivity contribution is 6.04. The van der Waals surface area contributed by atoms with Gasteiger partial charge in [-0.25, -0.2) is 17.6 Å². The summed E-state index contributed by atoms with van der Waals surface area (Å²) in [6.07, 6.45) is 10.7. The summed E-state index contributed by atoms with van der Waals surface area (Å²) in [5.41, 5.74) is -0.789. The molecule has 0 amide bonds. The Morgan fingerprint density at radius 3 is 2.43 bits per heavy atom. The van der Waals surface area contributed by atoms with Crippen molar-refractivity contribution in [3.8, 4) is 35.2 Å². The van der Waals surface area contributed by atoms with E-state index in [0.717, 1.165) is 32.2 Å². The van der Waals surface area contributed by atoms with E-state index in [1.165, 1.54) is 18.2 Å². The molecule has 49 heavy (non-hydrogen) atoms. The van der Waals surface area contributed by atoms with Gasteiger partial charge in [0.05, 0.1) is 12.2 Å². The topological polar surface area (TPSA) is 73.8 Å². The number of fused-ring (bicyclic) bond motifs is 4. The lowest BCUT2D eigenvalue weighted by Gasteiger charge is -2.35. The summed E-state index contributed by atoms with van der Waals surface area (Å²) in [6.45, 7) is 3.60. The SMILES string of the molecule is C#Cc1cccc2cc(O)cc(-c3c(F)cc4c(N5CC6CCC(C5)N6)nc(OCC5(CN6CCC7(CC6)CC7(F)F)CC5)nc4c3F)c12. The van der Waals surface area contributed by atoms with Crippen molar-refractivity contribution in [3.05, 3.63) is 53.6 Å². The van der Waals surface area contributed by atoms with Gasteiger partial charge >= 0.3 is 6.01 Å². The summed E-state index contributed by atoms with van der Waals surface area (Å²) in [4.78, 5) is 13.7. The first kappa shape index (κ1) is 30.9. The Hall–Kier alpha value is -4.14. The van der Waals surface area contributed by atoms with E-state index < -0.39 is 23.0 Å². The van der Waals surface area contributed by atoms with Gasteiger partial charge in [0, 0.05) is 70.9 Å². The van der Waals surface area contributed by atoms with E-state index in [1.54, 1.807) is 18.2 Å². The molecule has 2 atom stereocenters. The van der Waals surface area contributed by atoms with Crippen molar-refractivity contribution < 1.29 is 27.4 Å². The highest BCUT2D eigenvalue weighted by atomic mass is 19.3. The quantitative estimate of drug-likeness (QED) is 0.169. The minimum atomic E-state index is -2.52. The number of anilines is 1.